The molecule has 1 unspecified atom stereocenters. The molecule has 28 heavy (non-hydrogen) atoms. The molecule has 10 heteroatoms. The van der Waals surface area contributed by atoms with Crippen molar-refractivity contribution in [3.05, 3.63) is 65.9 Å². The fourth-order valence-corrected chi connectivity index (χ4v) is 3.60. The SMILES string of the molecule is CC(O)c1cc(-n2nc(C(F)(F)F)cc2-c2ccccc2)ccc1S(N)(=O)=O. The van der Waals surface area contributed by atoms with Crippen molar-refractivity contribution in [2.45, 2.75) is 24.1 Å². The average molecular weight is 411 g/mol. The summed E-state index contributed by atoms with van der Waals surface area (Å²) in [6.45, 7) is 1.33. The molecular formula is C18H16F3N3O3S. The molecule has 0 aliphatic carbocycles. The summed E-state index contributed by atoms with van der Waals surface area (Å²) >= 11 is 0. The molecule has 0 bridgehead atoms. The smallest absolute Gasteiger partial charge is 0.389 e. The number of sulfonamides is 1. The summed E-state index contributed by atoms with van der Waals surface area (Å²) in [5.74, 6) is 0. The number of nitrogens with two attached hydrogens (primary N) is 1. The average Bonchev–Trinajstić information content (AvgIpc) is 3.07. The summed E-state index contributed by atoms with van der Waals surface area (Å²) in [4.78, 5) is -0.310. The fraction of sp³-hybridized carbons (Fsp3) is 0.167. The lowest BCUT2D eigenvalue weighted by molar-refractivity contribution is -0.141. The van der Waals surface area contributed by atoms with Gasteiger partial charge in [-0.1, -0.05) is 30.3 Å². The third kappa shape index (κ3) is 3.93. The maximum Gasteiger partial charge on any atom is 0.435 e. The number of primary sulfonamides is 1. The molecule has 3 aromatic rings. The molecule has 0 amide bonds. The maximum atomic E-state index is 13.2. The van der Waals surface area contributed by atoms with Crippen LogP contribution in [0.1, 0.15) is 24.3 Å². The van der Waals surface area contributed by atoms with Gasteiger partial charge < -0.3 is 5.11 Å². The molecule has 148 valence electrons. The van der Waals surface area contributed by atoms with Crippen LogP contribution >= 0.6 is 0 Å². The number of aliphatic hydroxyl groups excluding tert-OH is 1. The zero-order valence-corrected chi connectivity index (χ0v) is 15.4. The van der Waals surface area contributed by atoms with Crippen LogP contribution in [0.3, 0.4) is 0 Å². The Balaban J connectivity index is 2.26. The predicted octanol–water partition coefficient (Wildman–Crippen LogP) is 3.26. The molecule has 1 aromatic heterocycles. The highest BCUT2D eigenvalue weighted by Crippen LogP contribution is 2.34. The standard InChI is InChI=1S/C18H16F3N3O3S/c1-11(25)14-9-13(7-8-16(14)28(22,26)27)24-15(12-5-3-2-4-6-12)10-17(23-24)18(19,20)21/h2-11,25H,1H3,(H2,22,26,27). The Kier molecular flexibility index (Phi) is 5.04. The number of aromatic nitrogens is 2. The van der Waals surface area contributed by atoms with E-state index in [2.05, 4.69) is 5.10 Å². The first-order chi connectivity index (χ1) is 13.0. The zero-order chi connectivity index (χ0) is 20.7. The van der Waals surface area contributed by atoms with Crippen molar-refractivity contribution in [3.63, 3.8) is 0 Å². The molecule has 0 fully saturated rings. The van der Waals surface area contributed by atoms with Gasteiger partial charge in [0.2, 0.25) is 10.0 Å². The Bertz CT molecular complexity index is 1110. The molecule has 0 aliphatic heterocycles. The van der Waals surface area contributed by atoms with E-state index < -0.39 is 28.0 Å². The molecule has 2 aromatic carbocycles. The van der Waals surface area contributed by atoms with Crippen LogP contribution in [0, 0.1) is 0 Å². The Morgan fingerprint density at radius 3 is 2.29 bits per heavy atom. The van der Waals surface area contributed by atoms with Crippen molar-refractivity contribution in [3.8, 4) is 16.9 Å². The largest absolute Gasteiger partial charge is 0.435 e. The van der Waals surface area contributed by atoms with Gasteiger partial charge in [0, 0.05) is 11.1 Å². The van der Waals surface area contributed by atoms with Crippen molar-refractivity contribution < 1.29 is 26.7 Å². The number of hydrogen-bond donors (Lipinski definition) is 2. The quantitative estimate of drug-likeness (QED) is 0.689. The number of nitrogens with zero attached hydrogens (tertiary/aromatic N) is 2. The molecule has 0 aliphatic rings. The Hall–Kier alpha value is -2.69. The van der Waals surface area contributed by atoms with Crippen LogP contribution in [0.25, 0.3) is 16.9 Å². The second-order valence-electron chi connectivity index (χ2n) is 6.13. The van der Waals surface area contributed by atoms with E-state index in [1.165, 1.54) is 19.1 Å². The number of halogens is 3. The molecule has 3 rings (SSSR count). The van der Waals surface area contributed by atoms with Crippen LogP contribution in [-0.2, 0) is 16.2 Å². The molecule has 1 heterocycles. The number of rotatable bonds is 4. The number of benzene rings is 2. The van der Waals surface area contributed by atoms with Gasteiger partial charge in [0.15, 0.2) is 5.69 Å². The van der Waals surface area contributed by atoms with E-state index in [4.69, 9.17) is 5.14 Å². The van der Waals surface area contributed by atoms with Crippen LogP contribution in [0.2, 0.25) is 0 Å². The second-order valence-corrected chi connectivity index (χ2v) is 7.66. The van der Waals surface area contributed by atoms with E-state index in [-0.39, 0.29) is 21.8 Å². The molecule has 0 saturated carbocycles. The summed E-state index contributed by atoms with van der Waals surface area (Å²) in [5, 5.41) is 18.7. The van der Waals surface area contributed by atoms with Gasteiger partial charge in [-0.15, -0.1) is 0 Å². The third-order valence-electron chi connectivity index (χ3n) is 4.06. The van der Waals surface area contributed by atoms with Gasteiger partial charge in [-0.05, 0) is 31.2 Å². The van der Waals surface area contributed by atoms with Crippen LogP contribution in [-0.4, -0.2) is 23.3 Å². The molecular weight excluding hydrogens is 395 g/mol. The summed E-state index contributed by atoms with van der Waals surface area (Å²) in [6.07, 6.45) is -5.88. The van der Waals surface area contributed by atoms with Gasteiger partial charge in [0.25, 0.3) is 0 Å². The highest BCUT2D eigenvalue weighted by Gasteiger charge is 2.35. The van der Waals surface area contributed by atoms with E-state index in [1.807, 2.05) is 0 Å². The van der Waals surface area contributed by atoms with Gasteiger partial charge >= 0.3 is 6.18 Å². The second kappa shape index (κ2) is 7.04. The minimum atomic E-state index is -4.66. The summed E-state index contributed by atoms with van der Waals surface area (Å²) in [7, 11) is -4.13. The monoisotopic (exact) mass is 411 g/mol. The topological polar surface area (TPSA) is 98.2 Å². The lowest BCUT2D eigenvalue weighted by Crippen LogP contribution is -2.16. The summed E-state index contributed by atoms with van der Waals surface area (Å²) < 4.78 is 64.2. The van der Waals surface area contributed by atoms with Crippen molar-refractivity contribution >= 4 is 10.0 Å². The van der Waals surface area contributed by atoms with Gasteiger partial charge in [-0.25, -0.2) is 18.2 Å². The first-order valence-electron chi connectivity index (χ1n) is 8.06. The summed E-state index contributed by atoms with van der Waals surface area (Å²) in [6, 6.07) is 12.9. The van der Waals surface area contributed by atoms with E-state index in [9.17, 15) is 26.7 Å². The molecule has 0 saturated heterocycles. The number of aliphatic hydroxyl groups is 1. The molecule has 6 nitrogen and oxygen atoms in total. The molecule has 3 N–H and O–H groups in total. The van der Waals surface area contributed by atoms with E-state index in [0.717, 1.165) is 16.8 Å². The van der Waals surface area contributed by atoms with Crippen LogP contribution in [0.5, 0.6) is 0 Å². The van der Waals surface area contributed by atoms with E-state index in [1.54, 1.807) is 30.3 Å². The van der Waals surface area contributed by atoms with Gasteiger partial charge in [0.1, 0.15) is 0 Å². The van der Waals surface area contributed by atoms with Crippen molar-refractivity contribution in [2.24, 2.45) is 5.14 Å². The van der Waals surface area contributed by atoms with E-state index >= 15 is 0 Å². The first-order valence-corrected chi connectivity index (χ1v) is 9.61. The lowest BCUT2D eigenvalue weighted by atomic mass is 10.1. The number of hydrogen-bond acceptors (Lipinski definition) is 4. The van der Waals surface area contributed by atoms with Gasteiger partial charge in [-0.2, -0.15) is 18.3 Å². The van der Waals surface area contributed by atoms with Gasteiger partial charge in [-0.3, -0.25) is 0 Å². The molecule has 0 radical (unpaired) electrons. The highest BCUT2D eigenvalue weighted by atomic mass is 32.2. The zero-order valence-electron chi connectivity index (χ0n) is 14.6. The van der Waals surface area contributed by atoms with Crippen LogP contribution < -0.4 is 5.14 Å². The Labute approximate surface area is 159 Å². The van der Waals surface area contributed by atoms with Crippen LogP contribution in [0.15, 0.2) is 59.5 Å². The van der Waals surface area contributed by atoms with Crippen LogP contribution in [0.4, 0.5) is 13.2 Å². The molecule has 1 atom stereocenters. The van der Waals surface area contributed by atoms with Gasteiger partial charge in [0.05, 0.1) is 22.4 Å². The van der Waals surface area contributed by atoms with E-state index in [0.29, 0.717) is 5.56 Å². The highest BCUT2D eigenvalue weighted by molar-refractivity contribution is 7.89. The third-order valence-corrected chi connectivity index (χ3v) is 5.05. The van der Waals surface area contributed by atoms with Crippen molar-refractivity contribution in [1.29, 1.82) is 0 Å². The fourth-order valence-electron chi connectivity index (χ4n) is 2.78. The summed E-state index contributed by atoms with van der Waals surface area (Å²) in [5.41, 5.74) is -0.339. The maximum absolute atomic E-state index is 13.2. The number of alkyl halides is 3. The first kappa shape index (κ1) is 20.1. The predicted molar refractivity (Wildman–Crippen MR) is 96.0 cm³/mol. The minimum Gasteiger partial charge on any atom is -0.389 e. The van der Waals surface area contributed by atoms with Crippen molar-refractivity contribution in [1.82, 2.24) is 9.78 Å². The minimum absolute atomic E-state index is 0.0388. The Morgan fingerprint density at radius 1 is 1.11 bits per heavy atom. The Morgan fingerprint density at radius 2 is 1.75 bits per heavy atom. The molecule has 0 spiro atoms. The lowest BCUT2D eigenvalue weighted by Gasteiger charge is -2.14. The normalized spacial score (nSPS) is 13.5. The van der Waals surface area contributed by atoms with Crippen molar-refractivity contribution in [2.75, 3.05) is 0 Å².